The molecule has 4 N–H and O–H groups in total. The minimum Gasteiger partial charge on any atom is -0.508 e. The van der Waals surface area contributed by atoms with Gasteiger partial charge in [-0.25, -0.2) is 9.79 Å². The molecule has 0 saturated carbocycles. The molecule has 0 heterocycles. The first-order valence-electron chi connectivity index (χ1n) is 8.57. The summed E-state index contributed by atoms with van der Waals surface area (Å²) >= 11 is 0. The summed E-state index contributed by atoms with van der Waals surface area (Å²) < 4.78 is 5.18. The Morgan fingerprint density at radius 1 is 1.12 bits per heavy atom. The second kappa shape index (κ2) is 12.6. The molecule has 0 aliphatic carbocycles. The topological polar surface area (TPSA) is 95.0 Å². The van der Waals surface area contributed by atoms with Gasteiger partial charge in [0.25, 0.3) is 0 Å². The fraction of sp³-hybridized carbons (Fsp3) is 0.556. The molecule has 0 aliphatic rings. The van der Waals surface area contributed by atoms with Gasteiger partial charge in [0.15, 0.2) is 5.96 Å². The van der Waals surface area contributed by atoms with Crippen LogP contribution in [0.5, 0.6) is 5.75 Å². The van der Waals surface area contributed by atoms with Crippen molar-refractivity contribution in [1.29, 1.82) is 0 Å². The zero-order valence-corrected chi connectivity index (χ0v) is 18.3. The Morgan fingerprint density at radius 3 is 2.31 bits per heavy atom. The number of ether oxygens (including phenoxy) is 1. The van der Waals surface area contributed by atoms with Crippen LogP contribution in [0.3, 0.4) is 0 Å². The minimum absolute atomic E-state index is 0. The molecule has 0 bridgehead atoms. The van der Waals surface area contributed by atoms with E-state index in [-0.39, 0.29) is 29.7 Å². The van der Waals surface area contributed by atoms with E-state index < -0.39 is 11.7 Å². The number of nitrogens with zero attached hydrogens (tertiary/aromatic N) is 1. The van der Waals surface area contributed by atoms with Gasteiger partial charge in [-0.1, -0.05) is 12.1 Å². The highest BCUT2D eigenvalue weighted by Gasteiger charge is 2.15. The van der Waals surface area contributed by atoms with E-state index in [9.17, 15) is 9.90 Å². The van der Waals surface area contributed by atoms with Crippen molar-refractivity contribution in [2.24, 2.45) is 4.99 Å². The lowest BCUT2D eigenvalue weighted by molar-refractivity contribution is 0.0527. The average Bonchev–Trinajstić information content (AvgIpc) is 2.52. The van der Waals surface area contributed by atoms with Crippen molar-refractivity contribution in [2.75, 3.05) is 19.6 Å². The van der Waals surface area contributed by atoms with Crippen LogP contribution >= 0.6 is 24.0 Å². The lowest BCUT2D eigenvalue weighted by Gasteiger charge is -2.19. The number of hydrogen-bond donors (Lipinski definition) is 4. The number of phenolic OH excluding ortho intramolecular Hbond substituents is 1. The van der Waals surface area contributed by atoms with Gasteiger partial charge in [-0.05, 0) is 51.8 Å². The van der Waals surface area contributed by atoms with Gasteiger partial charge >= 0.3 is 6.09 Å². The predicted molar refractivity (Wildman–Crippen MR) is 115 cm³/mol. The van der Waals surface area contributed by atoms with E-state index in [2.05, 4.69) is 20.9 Å². The third-order valence-corrected chi connectivity index (χ3v) is 3.01. The molecule has 0 spiro atoms. The summed E-state index contributed by atoms with van der Waals surface area (Å²) in [6.07, 6.45) is 0.350. The standard InChI is InChI=1S/C18H30N4O3.HI/c1-5-19-16(22-13-14-7-9-15(23)10-8-14)20-11-6-12-21-17(24)25-18(2,3)4;/h7-10,23H,5-6,11-13H2,1-4H3,(H,21,24)(H2,19,20,22);1H. The van der Waals surface area contributed by atoms with Gasteiger partial charge in [0.05, 0.1) is 6.54 Å². The Bertz CT molecular complexity index is 557. The van der Waals surface area contributed by atoms with E-state index in [0.29, 0.717) is 25.6 Å². The average molecular weight is 478 g/mol. The van der Waals surface area contributed by atoms with Crippen molar-refractivity contribution < 1.29 is 14.6 Å². The summed E-state index contributed by atoms with van der Waals surface area (Å²) in [5.41, 5.74) is 0.531. The van der Waals surface area contributed by atoms with Gasteiger partial charge in [0, 0.05) is 19.6 Å². The molecule has 148 valence electrons. The molecule has 0 aromatic heterocycles. The highest BCUT2D eigenvalue weighted by Crippen LogP contribution is 2.10. The number of amides is 1. The number of benzene rings is 1. The molecule has 0 atom stereocenters. The Balaban J connectivity index is 0.00000625. The Labute approximate surface area is 173 Å². The van der Waals surface area contributed by atoms with E-state index in [1.165, 1.54) is 0 Å². The third kappa shape index (κ3) is 11.8. The molecule has 1 aromatic rings. The fourth-order valence-corrected chi connectivity index (χ4v) is 1.91. The SMILES string of the molecule is CCNC(=NCc1ccc(O)cc1)NCCCNC(=O)OC(C)(C)C.I. The fourth-order valence-electron chi connectivity index (χ4n) is 1.91. The molecule has 26 heavy (non-hydrogen) atoms. The van der Waals surface area contributed by atoms with E-state index in [1.54, 1.807) is 12.1 Å². The normalized spacial score (nSPS) is 11.3. The number of guanidine groups is 1. The van der Waals surface area contributed by atoms with Crippen molar-refractivity contribution in [3.05, 3.63) is 29.8 Å². The Morgan fingerprint density at radius 2 is 1.73 bits per heavy atom. The number of aliphatic imine (C=N–C) groups is 1. The highest BCUT2D eigenvalue weighted by atomic mass is 127. The summed E-state index contributed by atoms with van der Waals surface area (Å²) in [6, 6.07) is 6.97. The molecule has 1 rings (SSSR count). The van der Waals surface area contributed by atoms with Gasteiger partial charge in [0.2, 0.25) is 0 Å². The first-order chi connectivity index (χ1) is 11.8. The number of halogens is 1. The van der Waals surface area contributed by atoms with Crippen LogP contribution in [0.25, 0.3) is 0 Å². The number of rotatable bonds is 7. The van der Waals surface area contributed by atoms with E-state index in [4.69, 9.17) is 4.74 Å². The van der Waals surface area contributed by atoms with Crippen molar-refractivity contribution >= 4 is 36.0 Å². The molecular weight excluding hydrogens is 447 g/mol. The number of aromatic hydroxyl groups is 1. The molecule has 7 nitrogen and oxygen atoms in total. The first-order valence-corrected chi connectivity index (χ1v) is 8.57. The second-order valence-electron chi connectivity index (χ2n) is 6.57. The maximum Gasteiger partial charge on any atom is 0.407 e. The third-order valence-electron chi connectivity index (χ3n) is 3.01. The zero-order valence-electron chi connectivity index (χ0n) is 16.0. The van der Waals surface area contributed by atoms with Crippen molar-refractivity contribution in [3.63, 3.8) is 0 Å². The number of carbonyl (C=O) groups is 1. The molecule has 0 fully saturated rings. The molecule has 0 aliphatic heterocycles. The van der Waals surface area contributed by atoms with E-state index in [1.807, 2.05) is 39.8 Å². The predicted octanol–water partition coefficient (Wildman–Crippen LogP) is 2.98. The maximum absolute atomic E-state index is 11.5. The van der Waals surface area contributed by atoms with Crippen LogP contribution in [0.1, 0.15) is 39.7 Å². The van der Waals surface area contributed by atoms with E-state index >= 15 is 0 Å². The summed E-state index contributed by atoms with van der Waals surface area (Å²) in [6.45, 7) is 9.99. The van der Waals surface area contributed by atoms with Crippen molar-refractivity contribution in [1.82, 2.24) is 16.0 Å². The number of carbonyl (C=O) groups excluding carboxylic acids is 1. The van der Waals surface area contributed by atoms with Crippen LogP contribution in [0.2, 0.25) is 0 Å². The number of alkyl carbamates (subject to hydrolysis) is 1. The van der Waals surface area contributed by atoms with E-state index in [0.717, 1.165) is 18.5 Å². The van der Waals surface area contributed by atoms with Gasteiger partial charge in [-0.15, -0.1) is 24.0 Å². The van der Waals surface area contributed by atoms with Crippen LogP contribution in [0.4, 0.5) is 4.79 Å². The highest BCUT2D eigenvalue weighted by molar-refractivity contribution is 14.0. The largest absolute Gasteiger partial charge is 0.508 e. The molecule has 0 radical (unpaired) electrons. The van der Waals surface area contributed by atoms with Gasteiger partial charge in [-0.3, -0.25) is 0 Å². The monoisotopic (exact) mass is 478 g/mol. The zero-order chi connectivity index (χ0) is 18.7. The minimum atomic E-state index is -0.485. The van der Waals surface area contributed by atoms with Gasteiger partial charge in [-0.2, -0.15) is 0 Å². The quantitative estimate of drug-likeness (QED) is 0.209. The van der Waals surface area contributed by atoms with Crippen molar-refractivity contribution in [3.8, 4) is 5.75 Å². The second-order valence-corrected chi connectivity index (χ2v) is 6.57. The first kappa shape index (κ1) is 24.3. The van der Waals surface area contributed by atoms with Crippen molar-refractivity contribution in [2.45, 2.75) is 46.3 Å². The van der Waals surface area contributed by atoms with Crippen LogP contribution in [-0.4, -0.2) is 42.4 Å². The molecule has 1 amide bonds. The molecule has 0 saturated heterocycles. The Kier molecular flexibility index (Phi) is 11.8. The Hall–Kier alpha value is -1.71. The van der Waals surface area contributed by atoms with Gasteiger partial charge < -0.3 is 25.8 Å². The summed E-state index contributed by atoms with van der Waals surface area (Å²) in [4.78, 5) is 16.0. The lowest BCUT2D eigenvalue weighted by Crippen LogP contribution is -2.39. The number of hydrogen-bond acceptors (Lipinski definition) is 4. The van der Waals surface area contributed by atoms with Crippen LogP contribution in [0.15, 0.2) is 29.3 Å². The smallest absolute Gasteiger partial charge is 0.407 e. The van der Waals surface area contributed by atoms with Gasteiger partial charge in [0.1, 0.15) is 11.4 Å². The molecule has 8 heteroatoms. The van der Waals surface area contributed by atoms with Crippen LogP contribution < -0.4 is 16.0 Å². The molecular formula is C18H31IN4O3. The summed E-state index contributed by atoms with van der Waals surface area (Å²) in [7, 11) is 0. The van der Waals surface area contributed by atoms with Crippen LogP contribution in [0, 0.1) is 0 Å². The summed E-state index contributed by atoms with van der Waals surface area (Å²) in [5, 5.41) is 18.4. The lowest BCUT2D eigenvalue weighted by atomic mass is 10.2. The molecule has 1 aromatic carbocycles. The number of phenols is 1. The summed E-state index contributed by atoms with van der Waals surface area (Å²) in [5.74, 6) is 0.961. The maximum atomic E-state index is 11.5. The molecule has 0 unspecified atom stereocenters. The number of nitrogens with one attached hydrogen (secondary N) is 3. The van der Waals surface area contributed by atoms with Crippen LogP contribution in [-0.2, 0) is 11.3 Å².